The molecule has 1 aliphatic heterocycles. The second kappa shape index (κ2) is 7.55. The molecule has 1 atom stereocenters. The minimum absolute atomic E-state index is 0.137. The summed E-state index contributed by atoms with van der Waals surface area (Å²) in [5.74, 6) is 0.903. The summed E-state index contributed by atoms with van der Waals surface area (Å²) in [5.41, 5.74) is 0.592. The Balaban J connectivity index is 1.46. The monoisotopic (exact) mass is 390 g/mol. The number of nitrogens with one attached hydrogen (secondary N) is 1. The van der Waals surface area contributed by atoms with Gasteiger partial charge in [-0.2, -0.15) is 5.26 Å². The topological polar surface area (TPSA) is 95.3 Å². The minimum atomic E-state index is -0.890. The van der Waals surface area contributed by atoms with Crippen LogP contribution in [0.1, 0.15) is 24.8 Å². The van der Waals surface area contributed by atoms with E-state index >= 15 is 0 Å². The Labute approximate surface area is 169 Å². The summed E-state index contributed by atoms with van der Waals surface area (Å²) in [6.45, 7) is 0.504. The van der Waals surface area contributed by atoms with Gasteiger partial charge in [0.2, 0.25) is 11.8 Å². The summed E-state index contributed by atoms with van der Waals surface area (Å²) in [4.78, 5) is 31.2. The van der Waals surface area contributed by atoms with Crippen LogP contribution in [0.25, 0.3) is 0 Å². The molecule has 148 valence electrons. The SMILES string of the molecule is COc1cccc(CC(=O)Nc2cc(N3CC[C@@](C#N)(C4CC4)C3=O)ccn2)c1. The smallest absolute Gasteiger partial charge is 0.247 e. The molecule has 2 aliphatic rings. The summed E-state index contributed by atoms with van der Waals surface area (Å²) in [5, 5.41) is 12.4. The lowest BCUT2D eigenvalue weighted by molar-refractivity contribution is -0.123. The van der Waals surface area contributed by atoms with Crippen LogP contribution in [-0.2, 0) is 16.0 Å². The third-order valence-electron chi connectivity index (χ3n) is 5.65. The molecule has 0 unspecified atom stereocenters. The maximum absolute atomic E-state index is 13.0. The van der Waals surface area contributed by atoms with E-state index in [2.05, 4.69) is 16.4 Å². The number of carbonyl (C=O) groups is 2. The summed E-state index contributed by atoms with van der Waals surface area (Å²) in [6.07, 6.45) is 4.18. The third kappa shape index (κ3) is 3.66. The molecular formula is C22H22N4O3. The number of ether oxygens (including phenoxy) is 1. The Kier molecular flexibility index (Phi) is 4.93. The molecule has 29 heavy (non-hydrogen) atoms. The molecule has 2 aromatic rings. The van der Waals surface area contributed by atoms with Gasteiger partial charge in [0, 0.05) is 24.5 Å². The van der Waals surface area contributed by atoms with E-state index in [1.807, 2.05) is 24.3 Å². The van der Waals surface area contributed by atoms with Gasteiger partial charge in [-0.1, -0.05) is 12.1 Å². The van der Waals surface area contributed by atoms with Crippen LogP contribution in [-0.4, -0.2) is 30.5 Å². The molecule has 1 aliphatic carbocycles. The van der Waals surface area contributed by atoms with Crippen LogP contribution in [0.5, 0.6) is 5.75 Å². The summed E-state index contributed by atoms with van der Waals surface area (Å²) in [7, 11) is 1.58. The number of anilines is 2. The highest BCUT2D eigenvalue weighted by molar-refractivity contribution is 6.02. The molecule has 0 radical (unpaired) electrons. The van der Waals surface area contributed by atoms with Gasteiger partial charge in [0.15, 0.2) is 0 Å². The van der Waals surface area contributed by atoms with Gasteiger partial charge < -0.3 is 15.0 Å². The predicted octanol–water partition coefficient (Wildman–Crippen LogP) is 2.93. The molecule has 1 saturated heterocycles. The van der Waals surface area contributed by atoms with E-state index in [9.17, 15) is 14.9 Å². The average molecular weight is 390 g/mol. The molecule has 0 spiro atoms. The van der Waals surface area contributed by atoms with Gasteiger partial charge in [0.05, 0.1) is 19.6 Å². The number of hydrogen-bond acceptors (Lipinski definition) is 5. The van der Waals surface area contributed by atoms with Crippen molar-refractivity contribution in [2.75, 3.05) is 23.9 Å². The molecule has 1 aromatic carbocycles. The molecule has 1 N–H and O–H groups in total. The first kappa shape index (κ1) is 18.9. The van der Waals surface area contributed by atoms with E-state index in [0.29, 0.717) is 30.2 Å². The van der Waals surface area contributed by atoms with Crippen LogP contribution >= 0.6 is 0 Å². The third-order valence-corrected chi connectivity index (χ3v) is 5.65. The number of aromatic nitrogens is 1. The molecular weight excluding hydrogens is 368 g/mol. The van der Waals surface area contributed by atoms with Gasteiger partial charge in [-0.3, -0.25) is 9.59 Å². The van der Waals surface area contributed by atoms with Gasteiger partial charge in [-0.05, 0) is 48.9 Å². The van der Waals surface area contributed by atoms with Crippen molar-refractivity contribution < 1.29 is 14.3 Å². The summed E-state index contributed by atoms with van der Waals surface area (Å²) in [6, 6.07) is 13.0. The highest BCUT2D eigenvalue weighted by atomic mass is 16.5. The second-order valence-corrected chi connectivity index (χ2v) is 7.54. The number of pyridine rings is 1. The number of carbonyl (C=O) groups excluding carboxylic acids is 2. The Bertz CT molecular complexity index is 996. The maximum Gasteiger partial charge on any atom is 0.247 e. The molecule has 2 fully saturated rings. The van der Waals surface area contributed by atoms with Crippen LogP contribution in [0.2, 0.25) is 0 Å². The maximum atomic E-state index is 13.0. The minimum Gasteiger partial charge on any atom is -0.497 e. The van der Waals surface area contributed by atoms with Gasteiger partial charge in [0.1, 0.15) is 17.0 Å². The molecule has 1 aromatic heterocycles. The largest absolute Gasteiger partial charge is 0.497 e. The Morgan fingerprint density at radius 1 is 1.38 bits per heavy atom. The van der Waals surface area contributed by atoms with E-state index in [1.54, 1.807) is 30.3 Å². The molecule has 0 bridgehead atoms. The predicted molar refractivity (Wildman–Crippen MR) is 107 cm³/mol. The molecule has 4 rings (SSSR count). The quantitative estimate of drug-likeness (QED) is 0.818. The van der Waals surface area contributed by atoms with Crippen LogP contribution in [0.4, 0.5) is 11.5 Å². The van der Waals surface area contributed by atoms with Gasteiger partial charge in [0.25, 0.3) is 0 Å². The van der Waals surface area contributed by atoms with Crippen molar-refractivity contribution in [2.24, 2.45) is 11.3 Å². The molecule has 2 amide bonds. The molecule has 1 saturated carbocycles. The van der Waals surface area contributed by atoms with Gasteiger partial charge >= 0.3 is 0 Å². The molecule has 7 heteroatoms. The Morgan fingerprint density at radius 3 is 2.93 bits per heavy atom. The highest BCUT2D eigenvalue weighted by Gasteiger charge is 2.56. The van der Waals surface area contributed by atoms with Gasteiger partial charge in [-0.25, -0.2) is 4.98 Å². The van der Waals surface area contributed by atoms with Crippen molar-refractivity contribution in [3.8, 4) is 11.8 Å². The fourth-order valence-corrected chi connectivity index (χ4v) is 3.94. The van der Waals surface area contributed by atoms with Gasteiger partial charge in [-0.15, -0.1) is 0 Å². The number of amides is 2. The molecule has 2 heterocycles. The fourth-order valence-electron chi connectivity index (χ4n) is 3.94. The lowest BCUT2D eigenvalue weighted by Crippen LogP contribution is -2.35. The number of hydrogen-bond donors (Lipinski definition) is 1. The zero-order chi connectivity index (χ0) is 20.4. The van der Waals surface area contributed by atoms with E-state index in [-0.39, 0.29) is 24.2 Å². The lowest BCUT2D eigenvalue weighted by atomic mass is 9.83. The van der Waals surface area contributed by atoms with Crippen molar-refractivity contribution >= 4 is 23.3 Å². The van der Waals surface area contributed by atoms with Crippen molar-refractivity contribution in [3.05, 3.63) is 48.2 Å². The second-order valence-electron chi connectivity index (χ2n) is 7.54. The first-order chi connectivity index (χ1) is 14.1. The number of methoxy groups -OCH3 is 1. The fraction of sp³-hybridized carbons (Fsp3) is 0.364. The van der Waals surface area contributed by atoms with Crippen LogP contribution in [0.3, 0.4) is 0 Å². The Morgan fingerprint density at radius 2 is 2.21 bits per heavy atom. The number of nitriles is 1. The van der Waals surface area contributed by atoms with E-state index in [4.69, 9.17) is 4.74 Å². The normalized spacial score (nSPS) is 21.0. The lowest BCUT2D eigenvalue weighted by Gasteiger charge is -2.21. The first-order valence-electron chi connectivity index (χ1n) is 9.68. The van der Waals surface area contributed by atoms with Crippen molar-refractivity contribution in [3.63, 3.8) is 0 Å². The summed E-state index contributed by atoms with van der Waals surface area (Å²) < 4.78 is 5.18. The first-order valence-corrected chi connectivity index (χ1v) is 9.68. The highest BCUT2D eigenvalue weighted by Crippen LogP contribution is 2.51. The Hall–Kier alpha value is -3.40. The van der Waals surface area contributed by atoms with E-state index in [1.165, 1.54) is 0 Å². The van der Waals surface area contributed by atoms with Crippen molar-refractivity contribution in [1.29, 1.82) is 5.26 Å². The zero-order valence-corrected chi connectivity index (χ0v) is 16.2. The summed E-state index contributed by atoms with van der Waals surface area (Å²) >= 11 is 0. The number of benzene rings is 1. The average Bonchev–Trinajstić information content (AvgIpc) is 3.52. The molecule has 7 nitrogen and oxygen atoms in total. The zero-order valence-electron chi connectivity index (χ0n) is 16.2. The van der Waals surface area contributed by atoms with Crippen LogP contribution < -0.4 is 15.0 Å². The number of rotatable bonds is 6. The van der Waals surface area contributed by atoms with Crippen LogP contribution in [0, 0.1) is 22.7 Å². The van der Waals surface area contributed by atoms with Crippen molar-refractivity contribution in [1.82, 2.24) is 4.98 Å². The van der Waals surface area contributed by atoms with Crippen molar-refractivity contribution in [2.45, 2.75) is 25.7 Å². The van der Waals surface area contributed by atoms with Crippen LogP contribution in [0.15, 0.2) is 42.6 Å². The number of nitrogens with zero attached hydrogens (tertiary/aromatic N) is 3. The van der Waals surface area contributed by atoms with E-state index < -0.39 is 5.41 Å². The van der Waals surface area contributed by atoms with E-state index in [0.717, 1.165) is 18.4 Å². The standard InChI is InChI=1S/C22H22N4O3/c1-29-18-4-2-3-15(11-18)12-20(27)25-19-13-17(7-9-24-19)26-10-8-22(14-23,21(26)28)16-5-6-16/h2-4,7,9,11,13,16H,5-6,8,10,12H2,1H3,(H,24,25,27)/t22-/m1/s1.